The fraction of sp³-hybridized carbons (Fsp3) is 0. The molecule has 1 rings (SSSR count). The Kier molecular flexibility index (Phi) is 3.41. The quantitative estimate of drug-likeness (QED) is 0.534. The summed E-state index contributed by atoms with van der Waals surface area (Å²) in [6.45, 7) is 6.98. The van der Waals surface area contributed by atoms with Crippen LogP contribution in [0.4, 0.5) is 0 Å². The van der Waals surface area contributed by atoms with Crippen molar-refractivity contribution in [2.75, 3.05) is 0 Å². The van der Waals surface area contributed by atoms with E-state index in [0.717, 1.165) is 0 Å². The number of aromatic nitrogens is 1. The van der Waals surface area contributed by atoms with Crippen LogP contribution in [0.25, 0.3) is 5.70 Å². The number of aliphatic imine (C=N–C) groups is 1. The molecule has 0 aliphatic carbocycles. The molecule has 0 aliphatic heterocycles. The summed E-state index contributed by atoms with van der Waals surface area (Å²) in [6.07, 6.45) is 3.19. The summed E-state index contributed by atoms with van der Waals surface area (Å²) in [6, 6.07) is 5.50. The van der Waals surface area contributed by atoms with E-state index in [0.29, 0.717) is 16.4 Å². The molecule has 0 bridgehead atoms. The summed E-state index contributed by atoms with van der Waals surface area (Å²) in [4.78, 5) is 7.89. The minimum Gasteiger partial charge on any atom is -0.261 e. The monoisotopic (exact) mass is 192 g/mol. The van der Waals surface area contributed by atoms with E-state index in [1.807, 2.05) is 18.2 Å². The van der Waals surface area contributed by atoms with Crippen molar-refractivity contribution in [3.8, 4) is 0 Å². The van der Waals surface area contributed by atoms with E-state index in [1.165, 1.54) is 6.08 Å². The molecule has 0 atom stereocenters. The standard InChI is InChI=1S/C10H9ClN2/c1-3-8(11)10(12-2)9-6-4-5-7-13-9/h3-7H,1-2H2. The van der Waals surface area contributed by atoms with Gasteiger partial charge in [0.1, 0.15) is 5.70 Å². The lowest BCUT2D eigenvalue weighted by atomic mass is 10.2. The number of pyridine rings is 1. The van der Waals surface area contributed by atoms with E-state index in [-0.39, 0.29) is 0 Å². The molecule has 1 aromatic heterocycles. The summed E-state index contributed by atoms with van der Waals surface area (Å²) in [7, 11) is 0. The predicted octanol–water partition coefficient (Wildman–Crippen LogP) is 2.88. The lowest BCUT2D eigenvalue weighted by Gasteiger charge is -2.00. The molecule has 0 unspecified atom stereocenters. The number of halogens is 1. The number of allylic oxidation sites excluding steroid dienone is 2. The lowest BCUT2D eigenvalue weighted by Crippen LogP contribution is -1.86. The molecular weight excluding hydrogens is 184 g/mol. The van der Waals surface area contributed by atoms with Crippen molar-refractivity contribution in [2.45, 2.75) is 0 Å². The van der Waals surface area contributed by atoms with E-state index in [1.54, 1.807) is 6.20 Å². The smallest absolute Gasteiger partial charge is 0.106 e. The van der Waals surface area contributed by atoms with Crippen LogP contribution in [0.3, 0.4) is 0 Å². The molecule has 0 amide bonds. The van der Waals surface area contributed by atoms with Crippen LogP contribution in [0.2, 0.25) is 0 Å². The van der Waals surface area contributed by atoms with Crippen LogP contribution in [0.15, 0.2) is 47.1 Å². The third-order valence-electron chi connectivity index (χ3n) is 1.47. The van der Waals surface area contributed by atoms with Gasteiger partial charge in [-0.3, -0.25) is 9.98 Å². The molecule has 2 nitrogen and oxygen atoms in total. The first-order chi connectivity index (χ1) is 6.29. The highest BCUT2D eigenvalue weighted by Gasteiger charge is 2.03. The fourth-order valence-corrected chi connectivity index (χ4v) is 1.03. The summed E-state index contributed by atoms with van der Waals surface area (Å²) >= 11 is 5.85. The second-order valence-electron chi connectivity index (χ2n) is 2.27. The third-order valence-corrected chi connectivity index (χ3v) is 1.80. The Labute approximate surface area is 82.3 Å². The largest absolute Gasteiger partial charge is 0.261 e. The Morgan fingerprint density at radius 1 is 1.54 bits per heavy atom. The van der Waals surface area contributed by atoms with Crippen LogP contribution in [0.1, 0.15) is 5.69 Å². The van der Waals surface area contributed by atoms with Crippen molar-refractivity contribution >= 4 is 24.0 Å². The van der Waals surface area contributed by atoms with Gasteiger partial charge in [-0.1, -0.05) is 24.2 Å². The topological polar surface area (TPSA) is 25.2 Å². The molecular formula is C10H9ClN2. The molecule has 0 saturated heterocycles. The zero-order chi connectivity index (χ0) is 9.68. The molecule has 66 valence electrons. The van der Waals surface area contributed by atoms with Gasteiger partial charge >= 0.3 is 0 Å². The molecule has 0 aromatic carbocycles. The van der Waals surface area contributed by atoms with Gasteiger partial charge < -0.3 is 0 Å². The van der Waals surface area contributed by atoms with Gasteiger partial charge in [0.25, 0.3) is 0 Å². The Morgan fingerprint density at radius 2 is 2.31 bits per heavy atom. The van der Waals surface area contributed by atoms with Gasteiger partial charge in [-0.25, -0.2) is 0 Å². The zero-order valence-electron chi connectivity index (χ0n) is 7.07. The summed E-state index contributed by atoms with van der Waals surface area (Å²) in [5, 5.41) is 0.453. The first kappa shape index (κ1) is 9.68. The van der Waals surface area contributed by atoms with E-state index in [9.17, 15) is 0 Å². The van der Waals surface area contributed by atoms with Crippen molar-refractivity contribution in [2.24, 2.45) is 4.99 Å². The van der Waals surface area contributed by atoms with E-state index in [2.05, 4.69) is 23.3 Å². The maximum atomic E-state index is 5.85. The van der Waals surface area contributed by atoms with Gasteiger partial charge in [-0.15, -0.1) is 0 Å². The Bertz CT molecular complexity index is 341. The highest BCUT2D eigenvalue weighted by Crippen LogP contribution is 2.20. The molecule has 3 heteroatoms. The van der Waals surface area contributed by atoms with Crippen LogP contribution in [-0.2, 0) is 0 Å². The van der Waals surface area contributed by atoms with Crippen LogP contribution in [0.5, 0.6) is 0 Å². The number of hydrogen-bond acceptors (Lipinski definition) is 2. The molecule has 0 spiro atoms. The second-order valence-corrected chi connectivity index (χ2v) is 2.68. The Balaban J connectivity index is 3.20. The lowest BCUT2D eigenvalue weighted by molar-refractivity contribution is 1.26. The van der Waals surface area contributed by atoms with E-state index >= 15 is 0 Å². The first-order valence-electron chi connectivity index (χ1n) is 3.70. The van der Waals surface area contributed by atoms with Crippen LogP contribution < -0.4 is 0 Å². The molecule has 0 N–H and O–H groups in total. The van der Waals surface area contributed by atoms with Gasteiger partial charge in [0.05, 0.1) is 10.7 Å². The minimum absolute atomic E-state index is 0.453. The van der Waals surface area contributed by atoms with Crippen LogP contribution >= 0.6 is 11.6 Å². The van der Waals surface area contributed by atoms with Gasteiger partial charge in [-0.2, -0.15) is 0 Å². The average molecular weight is 193 g/mol. The van der Waals surface area contributed by atoms with Gasteiger partial charge in [0.2, 0.25) is 0 Å². The fourth-order valence-electron chi connectivity index (χ4n) is 0.878. The Hall–Kier alpha value is -1.41. The van der Waals surface area contributed by atoms with Gasteiger partial charge in [0.15, 0.2) is 0 Å². The number of nitrogens with zero attached hydrogens (tertiary/aromatic N) is 2. The predicted molar refractivity (Wildman–Crippen MR) is 56.8 cm³/mol. The van der Waals surface area contributed by atoms with Crippen molar-refractivity contribution in [1.29, 1.82) is 0 Å². The van der Waals surface area contributed by atoms with Crippen molar-refractivity contribution in [3.63, 3.8) is 0 Å². The highest BCUT2D eigenvalue weighted by atomic mass is 35.5. The number of rotatable bonds is 3. The maximum Gasteiger partial charge on any atom is 0.106 e. The van der Waals surface area contributed by atoms with E-state index in [4.69, 9.17) is 11.6 Å². The van der Waals surface area contributed by atoms with E-state index < -0.39 is 0 Å². The molecule has 0 aliphatic rings. The zero-order valence-corrected chi connectivity index (χ0v) is 7.83. The summed E-state index contributed by atoms with van der Waals surface area (Å²) in [5.41, 5.74) is 1.25. The minimum atomic E-state index is 0.453. The highest BCUT2D eigenvalue weighted by molar-refractivity contribution is 6.34. The molecule has 1 aromatic rings. The van der Waals surface area contributed by atoms with Gasteiger partial charge in [0, 0.05) is 6.20 Å². The molecule has 0 saturated carbocycles. The SMILES string of the molecule is C=CC(Cl)=C(N=C)c1ccccn1. The average Bonchev–Trinajstić information content (AvgIpc) is 2.20. The third kappa shape index (κ3) is 2.26. The molecule has 1 heterocycles. The first-order valence-corrected chi connectivity index (χ1v) is 4.07. The van der Waals surface area contributed by atoms with Crippen molar-refractivity contribution in [1.82, 2.24) is 4.98 Å². The molecule has 0 radical (unpaired) electrons. The normalized spacial score (nSPS) is 11.8. The number of hydrogen-bond donors (Lipinski definition) is 0. The van der Waals surface area contributed by atoms with Crippen LogP contribution in [-0.4, -0.2) is 11.7 Å². The summed E-state index contributed by atoms with van der Waals surface area (Å²) < 4.78 is 0. The van der Waals surface area contributed by atoms with Crippen molar-refractivity contribution in [3.05, 3.63) is 47.8 Å². The Morgan fingerprint density at radius 3 is 2.77 bits per heavy atom. The second kappa shape index (κ2) is 4.58. The molecule has 0 fully saturated rings. The maximum absolute atomic E-state index is 5.85. The summed E-state index contributed by atoms with van der Waals surface area (Å²) in [5.74, 6) is 0. The molecule has 13 heavy (non-hydrogen) atoms. The van der Waals surface area contributed by atoms with Gasteiger partial charge in [-0.05, 0) is 24.9 Å². The van der Waals surface area contributed by atoms with Crippen LogP contribution in [0, 0.1) is 0 Å². The van der Waals surface area contributed by atoms with Crippen molar-refractivity contribution < 1.29 is 0 Å².